The van der Waals surface area contributed by atoms with Crippen molar-refractivity contribution in [1.29, 1.82) is 0 Å². The second-order valence-electron chi connectivity index (χ2n) is 2.13. The van der Waals surface area contributed by atoms with Crippen LogP contribution in [0, 0.1) is 10.1 Å². The van der Waals surface area contributed by atoms with E-state index in [0.29, 0.717) is 10.0 Å². The molecule has 12 heavy (non-hydrogen) atoms. The molecule has 0 aliphatic carbocycles. The maximum absolute atomic E-state index is 10.5. The lowest BCUT2D eigenvalue weighted by Crippen LogP contribution is -1.93. The van der Waals surface area contributed by atoms with Crippen molar-refractivity contribution in [3.63, 3.8) is 0 Å². The Balaban J connectivity index is 3.27. The Hall–Kier alpha value is -0.610. The summed E-state index contributed by atoms with van der Waals surface area (Å²) < 4.78 is 0.673. The summed E-state index contributed by atoms with van der Waals surface area (Å²) in [6.45, 7) is 0. The van der Waals surface area contributed by atoms with Crippen molar-refractivity contribution >= 4 is 33.2 Å². The van der Waals surface area contributed by atoms with Gasteiger partial charge in [-0.3, -0.25) is 10.1 Å². The lowest BCUT2D eigenvalue weighted by molar-refractivity contribution is -0.385. The molecule has 1 aromatic carbocycles. The molecule has 0 bridgehead atoms. The van der Waals surface area contributed by atoms with E-state index in [-0.39, 0.29) is 11.6 Å². The molecule has 0 spiro atoms. The van der Waals surface area contributed by atoms with E-state index < -0.39 is 4.92 Å². The number of hydrogen-bond donors (Lipinski definition) is 0. The van der Waals surface area contributed by atoms with E-state index in [1.54, 1.807) is 12.1 Å². The van der Waals surface area contributed by atoms with Crippen LogP contribution in [0.1, 0.15) is 5.56 Å². The fourth-order valence-electron chi connectivity index (χ4n) is 0.851. The van der Waals surface area contributed by atoms with Gasteiger partial charge in [-0.15, -0.1) is 11.6 Å². The number of nitrogens with zero attached hydrogens (tertiary/aromatic N) is 1. The van der Waals surface area contributed by atoms with Crippen LogP contribution in [-0.4, -0.2) is 4.92 Å². The van der Waals surface area contributed by atoms with Gasteiger partial charge in [0.2, 0.25) is 0 Å². The molecule has 0 aromatic heterocycles. The number of benzene rings is 1. The molecule has 0 atom stereocenters. The van der Waals surface area contributed by atoms with Crippen LogP contribution in [-0.2, 0) is 5.88 Å². The molecule has 1 rings (SSSR count). The topological polar surface area (TPSA) is 43.1 Å². The number of alkyl halides is 1. The lowest BCUT2D eigenvalue weighted by Gasteiger charge is -1.99. The van der Waals surface area contributed by atoms with E-state index in [4.69, 9.17) is 11.6 Å². The molecule has 0 amide bonds. The van der Waals surface area contributed by atoms with Gasteiger partial charge in [-0.1, -0.05) is 22.0 Å². The molecule has 5 heteroatoms. The van der Waals surface area contributed by atoms with E-state index >= 15 is 0 Å². The summed E-state index contributed by atoms with van der Waals surface area (Å²) >= 11 is 8.73. The Kier molecular flexibility index (Phi) is 3.05. The summed E-state index contributed by atoms with van der Waals surface area (Å²) in [6, 6.07) is 4.77. The predicted molar refractivity (Wildman–Crippen MR) is 50.4 cm³/mol. The van der Waals surface area contributed by atoms with Crippen molar-refractivity contribution in [2.24, 2.45) is 0 Å². The first kappa shape index (κ1) is 9.48. The Bertz CT molecular complexity index is 316. The van der Waals surface area contributed by atoms with Crippen LogP contribution in [0.5, 0.6) is 0 Å². The van der Waals surface area contributed by atoms with E-state index in [1.165, 1.54) is 6.07 Å². The Morgan fingerprint density at radius 2 is 2.25 bits per heavy atom. The minimum atomic E-state index is -0.442. The average molecular weight is 250 g/mol. The van der Waals surface area contributed by atoms with Gasteiger partial charge >= 0.3 is 0 Å². The van der Waals surface area contributed by atoms with E-state index in [9.17, 15) is 10.1 Å². The Morgan fingerprint density at radius 1 is 1.58 bits per heavy atom. The molecular formula is C7H5BrClNO2. The SMILES string of the molecule is O=[N+]([O-])c1cccc(Br)c1CCl. The quantitative estimate of drug-likeness (QED) is 0.460. The zero-order valence-electron chi connectivity index (χ0n) is 5.96. The maximum atomic E-state index is 10.5. The van der Waals surface area contributed by atoms with Gasteiger partial charge in [0.25, 0.3) is 5.69 Å². The second-order valence-corrected chi connectivity index (χ2v) is 3.25. The number of rotatable bonds is 2. The Labute approximate surface area is 82.6 Å². The highest BCUT2D eigenvalue weighted by Crippen LogP contribution is 2.27. The van der Waals surface area contributed by atoms with Crippen LogP contribution in [0.15, 0.2) is 22.7 Å². The van der Waals surface area contributed by atoms with Gasteiger partial charge in [-0.25, -0.2) is 0 Å². The lowest BCUT2D eigenvalue weighted by atomic mass is 10.2. The fourth-order valence-corrected chi connectivity index (χ4v) is 1.79. The van der Waals surface area contributed by atoms with Crippen LogP contribution in [0.4, 0.5) is 5.69 Å². The fraction of sp³-hybridized carbons (Fsp3) is 0.143. The monoisotopic (exact) mass is 249 g/mol. The summed E-state index contributed by atoms with van der Waals surface area (Å²) in [6.07, 6.45) is 0. The van der Waals surface area contributed by atoms with Crippen LogP contribution in [0.2, 0.25) is 0 Å². The summed E-state index contributed by atoms with van der Waals surface area (Å²) in [7, 11) is 0. The molecular weight excluding hydrogens is 245 g/mol. The minimum absolute atomic E-state index is 0.0550. The average Bonchev–Trinajstić information content (AvgIpc) is 2.03. The predicted octanol–water partition coefficient (Wildman–Crippen LogP) is 3.10. The molecule has 3 nitrogen and oxygen atoms in total. The third-order valence-corrected chi connectivity index (χ3v) is 2.43. The summed E-state index contributed by atoms with van der Waals surface area (Å²) in [4.78, 5) is 10.0. The van der Waals surface area contributed by atoms with Crippen molar-refractivity contribution in [2.75, 3.05) is 0 Å². The van der Waals surface area contributed by atoms with E-state index in [2.05, 4.69) is 15.9 Å². The maximum Gasteiger partial charge on any atom is 0.274 e. The van der Waals surface area contributed by atoms with Crippen molar-refractivity contribution in [3.8, 4) is 0 Å². The first-order valence-corrected chi connectivity index (χ1v) is 4.47. The third kappa shape index (κ3) is 1.76. The van der Waals surface area contributed by atoms with Gasteiger partial charge in [0, 0.05) is 10.5 Å². The van der Waals surface area contributed by atoms with Crippen LogP contribution in [0.25, 0.3) is 0 Å². The molecule has 0 radical (unpaired) electrons. The number of halogens is 2. The molecule has 0 fully saturated rings. The number of nitro benzene ring substituents is 1. The van der Waals surface area contributed by atoms with Gasteiger partial charge in [-0.2, -0.15) is 0 Å². The smallest absolute Gasteiger partial charge is 0.258 e. The summed E-state index contributed by atoms with van der Waals surface area (Å²) in [5, 5.41) is 10.5. The summed E-state index contributed by atoms with van der Waals surface area (Å²) in [5.74, 6) is 0.137. The normalized spacial score (nSPS) is 9.83. The summed E-state index contributed by atoms with van der Waals surface area (Å²) in [5.41, 5.74) is 0.573. The van der Waals surface area contributed by atoms with Gasteiger partial charge < -0.3 is 0 Å². The molecule has 0 heterocycles. The highest BCUT2D eigenvalue weighted by molar-refractivity contribution is 9.10. The standard InChI is InChI=1S/C7H5BrClNO2/c8-6-2-1-3-7(10(11)12)5(6)4-9/h1-3H,4H2. The molecule has 0 saturated carbocycles. The highest BCUT2D eigenvalue weighted by Gasteiger charge is 2.14. The largest absolute Gasteiger partial charge is 0.274 e. The number of hydrogen-bond acceptors (Lipinski definition) is 2. The zero-order chi connectivity index (χ0) is 9.14. The number of nitro groups is 1. The van der Waals surface area contributed by atoms with Gasteiger partial charge in [0.05, 0.1) is 16.4 Å². The Morgan fingerprint density at radius 3 is 2.67 bits per heavy atom. The molecule has 0 aliphatic heterocycles. The third-order valence-electron chi connectivity index (χ3n) is 1.42. The van der Waals surface area contributed by atoms with Crippen LogP contribution >= 0.6 is 27.5 Å². The van der Waals surface area contributed by atoms with Crippen LogP contribution < -0.4 is 0 Å². The molecule has 0 aliphatic rings. The van der Waals surface area contributed by atoms with Crippen molar-refractivity contribution in [2.45, 2.75) is 5.88 Å². The van der Waals surface area contributed by atoms with Gasteiger partial charge in [-0.05, 0) is 6.07 Å². The van der Waals surface area contributed by atoms with Crippen LogP contribution in [0.3, 0.4) is 0 Å². The van der Waals surface area contributed by atoms with Crippen molar-refractivity contribution in [1.82, 2.24) is 0 Å². The zero-order valence-corrected chi connectivity index (χ0v) is 8.30. The molecule has 0 N–H and O–H groups in total. The first-order chi connectivity index (χ1) is 5.66. The second kappa shape index (κ2) is 3.87. The molecule has 0 saturated heterocycles. The minimum Gasteiger partial charge on any atom is -0.258 e. The first-order valence-electron chi connectivity index (χ1n) is 3.14. The molecule has 1 aromatic rings. The van der Waals surface area contributed by atoms with Crippen molar-refractivity contribution in [3.05, 3.63) is 38.3 Å². The van der Waals surface area contributed by atoms with E-state index in [1.807, 2.05) is 0 Å². The van der Waals surface area contributed by atoms with Gasteiger partial charge in [0.1, 0.15) is 0 Å². The highest BCUT2D eigenvalue weighted by atomic mass is 79.9. The van der Waals surface area contributed by atoms with Crippen molar-refractivity contribution < 1.29 is 4.92 Å². The molecule has 64 valence electrons. The van der Waals surface area contributed by atoms with Gasteiger partial charge in [0.15, 0.2) is 0 Å². The molecule has 0 unspecified atom stereocenters. The van der Waals surface area contributed by atoms with E-state index in [0.717, 1.165) is 0 Å².